The Kier molecular flexibility index (Phi) is 3.00. The van der Waals surface area contributed by atoms with Gasteiger partial charge in [0.05, 0.1) is 0 Å². The number of rotatable bonds is 1. The third-order valence-corrected chi connectivity index (χ3v) is 2.40. The smallest absolute Gasteiger partial charge is 0.354 e. The molecule has 3 nitrogen and oxygen atoms in total. The molecule has 1 aliphatic rings. The van der Waals surface area contributed by atoms with Crippen LogP contribution in [0.1, 0.15) is 5.69 Å². The molecule has 1 radical (unpaired) electrons. The summed E-state index contributed by atoms with van der Waals surface area (Å²) in [5, 5.41) is 4.13. The van der Waals surface area contributed by atoms with Gasteiger partial charge in [0.2, 0.25) is 0 Å². The first-order valence-electron chi connectivity index (χ1n) is 5.00. The van der Waals surface area contributed by atoms with E-state index in [4.69, 9.17) is 0 Å². The Balaban J connectivity index is 2.21. The van der Waals surface area contributed by atoms with Crippen LogP contribution in [0, 0.1) is 0 Å². The van der Waals surface area contributed by atoms with Gasteiger partial charge in [-0.1, -0.05) is 6.07 Å². The van der Waals surface area contributed by atoms with Crippen molar-refractivity contribution in [3.63, 3.8) is 0 Å². The third kappa shape index (κ3) is 2.44. The lowest BCUT2D eigenvalue weighted by atomic mass is 10.3. The fraction of sp³-hybridized carbons (Fsp3) is 0.500. The van der Waals surface area contributed by atoms with Gasteiger partial charge in [-0.15, -0.1) is 0 Å². The molecule has 1 saturated heterocycles. The number of piperazine rings is 1. The van der Waals surface area contributed by atoms with E-state index < -0.39 is 11.9 Å². The van der Waals surface area contributed by atoms with Crippen LogP contribution >= 0.6 is 0 Å². The molecule has 0 atom stereocenters. The maximum absolute atomic E-state index is 12.4. The molecule has 2 rings (SSSR count). The summed E-state index contributed by atoms with van der Waals surface area (Å²) in [6, 6.07) is 3.97. The molecule has 87 valence electrons. The standard InChI is InChI=1S/C10H11F3N3/c11-10(12,13)8-2-1-3-9(15-8)16-6-4-14-5-7-16/h1-3H,4-7H2. The summed E-state index contributed by atoms with van der Waals surface area (Å²) in [5.41, 5.74) is -0.840. The molecule has 0 bridgehead atoms. The molecule has 0 N–H and O–H groups in total. The Morgan fingerprint density at radius 3 is 2.44 bits per heavy atom. The van der Waals surface area contributed by atoms with Gasteiger partial charge < -0.3 is 4.90 Å². The molecule has 1 aromatic rings. The summed E-state index contributed by atoms with van der Waals surface area (Å²) in [6.45, 7) is 2.57. The summed E-state index contributed by atoms with van der Waals surface area (Å²) in [5.74, 6) is 0.379. The predicted molar refractivity (Wildman–Crippen MR) is 53.3 cm³/mol. The van der Waals surface area contributed by atoms with E-state index in [0.29, 0.717) is 32.0 Å². The highest BCUT2D eigenvalue weighted by Gasteiger charge is 2.32. The number of nitrogens with zero attached hydrogens (tertiary/aromatic N) is 3. The van der Waals surface area contributed by atoms with Gasteiger partial charge in [-0.2, -0.15) is 13.2 Å². The first-order chi connectivity index (χ1) is 7.57. The second-order valence-corrected chi connectivity index (χ2v) is 3.54. The van der Waals surface area contributed by atoms with Crippen molar-refractivity contribution >= 4 is 5.82 Å². The molecule has 2 heterocycles. The lowest BCUT2D eigenvalue weighted by Crippen LogP contribution is -2.40. The second kappa shape index (κ2) is 4.29. The van der Waals surface area contributed by atoms with Crippen molar-refractivity contribution in [1.82, 2.24) is 10.3 Å². The molecule has 16 heavy (non-hydrogen) atoms. The van der Waals surface area contributed by atoms with E-state index in [1.165, 1.54) is 6.07 Å². The molecule has 0 amide bonds. The fourth-order valence-corrected chi connectivity index (χ4v) is 1.59. The van der Waals surface area contributed by atoms with Crippen molar-refractivity contribution in [3.05, 3.63) is 23.9 Å². The van der Waals surface area contributed by atoms with Crippen LogP contribution in [0.4, 0.5) is 19.0 Å². The zero-order chi connectivity index (χ0) is 11.6. The molecule has 1 aliphatic heterocycles. The van der Waals surface area contributed by atoms with E-state index >= 15 is 0 Å². The molecule has 0 aliphatic carbocycles. The van der Waals surface area contributed by atoms with Crippen LogP contribution in [0.15, 0.2) is 18.2 Å². The summed E-state index contributed by atoms with van der Waals surface area (Å²) in [7, 11) is 0. The van der Waals surface area contributed by atoms with Gasteiger partial charge in [0.25, 0.3) is 0 Å². The van der Waals surface area contributed by atoms with Crippen LogP contribution in [-0.2, 0) is 6.18 Å². The molecular formula is C10H11F3N3. The first kappa shape index (κ1) is 11.2. The van der Waals surface area contributed by atoms with Crippen molar-refractivity contribution in [2.75, 3.05) is 31.1 Å². The van der Waals surface area contributed by atoms with E-state index in [9.17, 15) is 13.2 Å². The summed E-state index contributed by atoms with van der Waals surface area (Å²) in [6.07, 6.45) is -4.38. The number of hydrogen-bond acceptors (Lipinski definition) is 2. The Bertz CT molecular complexity index is 359. The van der Waals surface area contributed by atoms with Gasteiger partial charge in [-0.3, -0.25) is 0 Å². The SMILES string of the molecule is FC(F)(F)c1cccc(N2CC[N]CC2)n1. The number of halogens is 3. The minimum Gasteiger partial charge on any atom is -0.354 e. The topological polar surface area (TPSA) is 30.2 Å². The average Bonchev–Trinajstić information content (AvgIpc) is 2.29. The minimum absolute atomic E-state index is 0.379. The number of hydrogen-bond donors (Lipinski definition) is 0. The Labute approximate surface area is 91.3 Å². The zero-order valence-corrected chi connectivity index (χ0v) is 8.54. The molecule has 0 saturated carbocycles. The van der Waals surface area contributed by atoms with Gasteiger partial charge in [-0.25, -0.2) is 10.3 Å². The van der Waals surface area contributed by atoms with Crippen molar-refractivity contribution in [2.24, 2.45) is 0 Å². The molecule has 6 heteroatoms. The monoisotopic (exact) mass is 230 g/mol. The van der Waals surface area contributed by atoms with E-state index in [1.54, 1.807) is 6.07 Å². The molecule has 1 fully saturated rings. The van der Waals surface area contributed by atoms with Crippen LogP contribution in [0.3, 0.4) is 0 Å². The maximum atomic E-state index is 12.4. The predicted octanol–water partition coefficient (Wildman–Crippen LogP) is 1.52. The van der Waals surface area contributed by atoms with Gasteiger partial charge >= 0.3 is 6.18 Å². The van der Waals surface area contributed by atoms with Crippen molar-refractivity contribution < 1.29 is 13.2 Å². The largest absolute Gasteiger partial charge is 0.433 e. The zero-order valence-electron chi connectivity index (χ0n) is 8.54. The number of alkyl halides is 3. The second-order valence-electron chi connectivity index (χ2n) is 3.54. The van der Waals surface area contributed by atoms with Crippen LogP contribution in [0.25, 0.3) is 0 Å². The van der Waals surface area contributed by atoms with Crippen LogP contribution in [0.5, 0.6) is 0 Å². The lowest BCUT2D eigenvalue weighted by Gasteiger charge is -2.27. The Hall–Kier alpha value is -1.30. The number of aromatic nitrogens is 1. The highest BCUT2D eigenvalue weighted by atomic mass is 19.4. The third-order valence-electron chi connectivity index (χ3n) is 2.40. The Morgan fingerprint density at radius 1 is 1.12 bits per heavy atom. The molecule has 0 spiro atoms. The molecule has 0 aromatic carbocycles. The van der Waals surface area contributed by atoms with Gasteiger partial charge in [0, 0.05) is 26.2 Å². The van der Waals surface area contributed by atoms with Crippen molar-refractivity contribution in [1.29, 1.82) is 0 Å². The molecular weight excluding hydrogens is 219 g/mol. The maximum Gasteiger partial charge on any atom is 0.433 e. The summed E-state index contributed by atoms with van der Waals surface area (Å²) < 4.78 is 37.3. The molecule has 0 unspecified atom stereocenters. The highest BCUT2D eigenvalue weighted by molar-refractivity contribution is 5.40. The van der Waals surface area contributed by atoms with Crippen molar-refractivity contribution in [3.8, 4) is 0 Å². The van der Waals surface area contributed by atoms with Gasteiger partial charge in [0.1, 0.15) is 11.5 Å². The van der Waals surface area contributed by atoms with Crippen LogP contribution in [0.2, 0.25) is 0 Å². The van der Waals surface area contributed by atoms with Gasteiger partial charge in [-0.05, 0) is 12.1 Å². The van der Waals surface area contributed by atoms with E-state index in [2.05, 4.69) is 10.3 Å². The number of anilines is 1. The molecule has 1 aromatic heterocycles. The summed E-state index contributed by atoms with van der Waals surface area (Å²) >= 11 is 0. The van der Waals surface area contributed by atoms with Crippen LogP contribution < -0.4 is 10.2 Å². The van der Waals surface area contributed by atoms with E-state index in [-0.39, 0.29) is 0 Å². The van der Waals surface area contributed by atoms with Crippen molar-refractivity contribution in [2.45, 2.75) is 6.18 Å². The van der Waals surface area contributed by atoms with E-state index in [0.717, 1.165) is 6.07 Å². The highest BCUT2D eigenvalue weighted by Crippen LogP contribution is 2.28. The lowest BCUT2D eigenvalue weighted by molar-refractivity contribution is -0.141. The van der Waals surface area contributed by atoms with Crippen LogP contribution in [-0.4, -0.2) is 31.2 Å². The Morgan fingerprint density at radius 2 is 1.81 bits per heavy atom. The van der Waals surface area contributed by atoms with Gasteiger partial charge in [0.15, 0.2) is 0 Å². The van der Waals surface area contributed by atoms with E-state index in [1.807, 2.05) is 4.90 Å². The summed E-state index contributed by atoms with van der Waals surface area (Å²) in [4.78, 5) is 5.45. The first-order valence-corrected chi connectivity index (χ1v) is 5.00. The fourth-order valence-electron chi connectivity index (χ4n) is 1.59. The average molecular weight is 230 g/mol. The minimum atomic E-state index is -4.38. The quantitative estimate of drug-likeness (QED) is 0.732. The normalized spacial score (nSPS) is 17.6. The number of pyridine rings is 1.